The number of imidazole rings is 1. The summed E-state index contributed by atoms with van der Waals surface area (Å²) in [7, 11) is 1.84. The van der Waals surface area contributed by atoms with Gasteiger partial charge in [0.05, 0.1) is 12.5 Å². The van der Waals surface area contributed by atoms with E-state index in [1.807, 2.05) is 41.9 Å². The maximum atomic E-state index is 13.0. The second-order valence-corrected chi connectivity index (χ2v) is 7.36. The molecule has 1 aliphatic rings. The molecule has 1 saturated heterocycles. The van der Waals surface area contributed by atoms with Gasteiger partial charge in [-0.25, -0.2) is 4.98 Å². The normalized spacial score (nSPS) is 14.1. The van der Waals surface area contributed by atoms with Crippen molar-refractivity contribution in [1.82, 2.24) is 14.5 Å². The molecule has 1 aromatic heterocycles. The van der Waals surface area contributed by atoms with Gasteiger partial charge in [0, 0.05) is 38.1 Å². The number of hydrogen-bond donors (Lipinski definition) is 0. The van der Waals surface area contributed by atoms with Crippen LogP contribution in [0.2, 0.25) is 0 Å². The van der Waals surface area contributed by atoms with E-state index in [0.29, 0.717) is 12.2 Å². The number of carbonyl (C=O) groups excluding carboxylic acids is 1. The molecule has 144 valence electrons. The molecule has 0 N–H and O–H groups in total. The fourth-order valence-electron chi connectivity index (χ4n) is 3.75. The lowest BCUT2D eigenvalue weighted by Gasteiger charge is -2.29. The van der Waals surface area contributed by atoms with Crippen LogP contribution in [0.1, 0.15) is 35.3 Å². The lowest BCUT2D eigenvalue weighted by atomic mass is 10.1. The number of piperidine rings is 1. The summed E-state index contributed by atoms with van der Waals surface area (Å²) in [5, 5.41) is 0. The molecule has 0 spiro atoms. The molecule has 1 aliphatic heterocycles. The third-order valence-electron chi connectivity index (χ3n) is 5.32. The molecule has 1 amide bonds. The van der Waals surface area contributed by atoms with E-state index in [4.69, 9.17) is 0 Å². The van der Waals surface area contributed by atoms with Crippen LogP contribution in [-0.4, -0.2) is 40.5 Å². The van der Waals surface area contributed by atoms with Crippen molar-refractivity contribution in [3.05, 3.63) is 78.4 Å². The van der Waals surface area contributed by atoms with E-state index in [2.05, 4.69) is 34.1 Å². The molecule has 0 aliphatic carbocycles. The van der Waals surface area contributed by atoms with Gasteiger partial charge in [0.1, 0.15) is 5.69 Å². The van der Waals surface area contributed by atoms with Gasteiger partial charge in [-0.15, -0.1) is 0 Å². The zero-order valence-electron chi connectivity index (χ0n) is 16.3. The summed E-state index contributed by atoms with van der Waals surface area (Å²) < 4.78 is 1.83. The van der Waals surface area contributed by atoms with E-state index in [1.54, 1.807) is 17.4 Å². The maximum Gasteiger partial charge on any atom is 0.272 e. The first-order valence-corrected chi connectivity index (χ1v) is 9.89. The van der Waals surface area contributed by atoms with Crippen LogP contribution in [0.4, 0.5) is 5.69 Å². The van der Waals surface area contributed by atoms with Crippen molar-refractivity contribution in [3.63, 3.8) is 0 Å². The van der Waals surface area contributed by atoms with Crippen molar-refractivity contribution in [2.45, 2.75) is 25.8 Å². The monoisotopic (exact) mass is 374 g/mol. The third-order valence-corrected chi connectivity index (χ3v) is 5.32. The lowest BCUT2D eigenvalue weighted by molar-refractivity contribution is 0.0777. The van der Waals surface area contributed by atoms with E-state index >= 15 is 0 Å². The minimum Gasteiger partial charge on any atom is -0.372 e. The first-order valence-electron chi connectivity index (χ1n) is 9.89. The predicted molar refractivity (Wildman–Crippen MR) is 112 cm³/mol. The molecule has 2 aromatic carbocycles. The molecule has 4 rings (SSSR count). The third kappa shape index (κ3) is 3.93. The Bertz CT molecular complexity index is 911. The van der Waals surface area contributed by atoms with Gasteiger partial charge < -0.3 is 9.80 Å². The molecule has 1 fully saturated rings. The van der Waals surface area contributed by atoms with Crippen molar-refractivity contribution in [3.8, 4) is 5.69 Å². The number of anilines is 1. The van der Waals surface area contributed by atoms with Crippen LogP contribution in [0, 0.1) is 0 Å². The highest BCUT2D eigenvalue weighted by molar-refractivity contribution is 5.92. The van der Waals surface area contributed by atoms with Gasteiger partial charge in [-0.05, 0) is 49.1 Å². The molecule has 5 nitrogen and oxygen atoms in total. The fraction of sp³-hybridized carbons (Fsp3) is 0.304. The molecular weight excluding hydrogens is 348 g/mol. The van der Waals surface area contributed by atoms with Crippen molar-refractivity contribution < 1.29 is 4.79 Å². The number of nitrogens with zero attached hydrogens (tertiary/aromatic N) is 4. The highest BCUT2D eigenvalue weighted by Crippen LogP contribution is 2.21. The quantitative estimate of drug-likeness (QED) is 0.674. The molecule has 5 heteroatoms. The Morgan fingerprint density at radius 3 is 2.39 bits per heavy atom. The molecule has 0 radical (unpaired) electrons. The minimum atomic E-state index is -0.0403. The van der Waals surface area contributed by atoms with E-state index in [9.17, 15) is 4.79 Å². The van der Waals surface area contributed by atoms with Gasteiger partial charge in [-0.3, -0.25) is 9.36 Å². The van der Waals surface area contributed by atoms with Gasteiger partial charge in [-0.1, -0.05) is 30.3 Å². The Morgan fingerprint density at radius 2 is 1.68 bits per heavy atom. The van der Waals surface area contributed by atoms with Gasteiger partial charge in [-0.2, -0.15) is 0 Å². The molecule has 2 heterocycles. The molecule has 0 bridgehead atoms. The van der Waals surface area contributed by atoms with E-state index in [1.165, 1.54) is 24.9 Å². The van der Waals surface area contributed by atoms with E-state index in [-0.39, 0.29) is 5.91 Å². The smallest absolute Gasteiger partial charge is 0.272 e. The molecule has 0 unspecified atom stereocenters. The summed E-state index contributed by atoms with van der Waals surface area (Å²) in [6, 6.07) is 18.4. The standard InChI is InChI=1S/C23H26N4O/c1-25(17-19-10-12-20(13-11-19)26-14-6-3-7-15-26)23(28)22-16-24-18-27(22)21-8-4-2-5-9-21/h2,4-5,8-13,16,18H,3,6-7,14-15,17H2,1H3. The second-order valence-electron chi connectivity index (χ2n) is 7.36. The highest BCUT2D eigenvalue weighted by Gasteiger charge is 2.18. The van der Waals surface area contributed by atoms with Crippen molar-refractivity contribution in [1.29, 1.82) is 0 Å². The van der Waals surface area contributed by atoms with Crippen LogP contribution in [0.15, 0.2) is 67.1 Å². The predicted octanol–water partition coefficient (Wildman–Crippen LogP) is 4.13. The molecule has 0 saturated carbocycles. The van der Waals surface area contributed by atoms with Crippen LogP contribution in [0.3, 0.4) is 0 Å². The number of carbonyl (C=O) groups is 1. The Hall–Kier alpha value is -3.08. The van der Waals surface area contributed by atoms with Gasteiger partial charge >= 0.3 is 0 Å². The summed E-state index contributed by atoms with van der Waals surface area (Å²) in [5.41, 5.74) is 3.91. The van der Waals surface area contributed by atoms with Crippen LogP contribution < -0.4 is 4.90 Å². The van der Waals surface area contributed by atoms with E-state index < -0.39 is 0 Å². The number of amides is 1. The van der Waals surface area contributed by atoms with Crippen molar-refractivity contribution >= 4 is 11.6 Å². The van der Waals surface area contributed by atoms with Gasteiger partial charge in [0.15, 0.2) is 0 Å². The average Bonchev–Trinajstić information content (AvgIpc) is 3.25. The van der Waals surface area contributed by atoms with Crippen LogP contribution >= 0.6 is 0 Å². The van der Waals surface area contributed by atoms with E-state index in [0.717, 1.165) is 24.3 Å². The Kier molecular flexibility index (Phi) is 5.42. The van der Waals surface area contributed by atoms with Crippen LogP contribution in [-0.2, 0) is 6.54 Å². The first kappa shape index (κ1) is 18.3. The SMILES string of the molecule is CN(Cc1ccc(N2CCCCC2)cc1)C(=O)c1cncn1-c1ccccc1. The van der Waals surface area contributed by atoms with Gasteiger partial charge in [0.25, 0.3) is 5.91 Å². The number of benzene rings is 2. The van der Waals surface area contributed by atoms with Crippen LogP contribution in [0.5, 0.6) is 0 Å². The van der Waals surface area contributed by atoms with Crippen LogP contribution in [0.25, 0.3) is 5.69 Å². The molecule has 0 atom stereocenters. The zero-order chi connectivity index (χ0) is 19.3. The number of rotatable bonds is 5. The Labute approximate surface area is 166 Å². The summed E-state index contributed by atoms with van der Waals surface area (Å²) in [4.78, 5) is 21.3. The second kappa shape index (κ2) is 8.30. The Balaban J connectivity index is 1.45. The molecular formula is C23H26N4O. The minimum absolute atomic E-state index is 0.0403. The summed E-state index contributed by atoms with van der Waals surface area (Å²) >= 11 is 0. The molecule has 3 aromatic rings. The van der Waals surface area contributed by atoms with Crippen molar-refractivity contribution in [2.75, 3.05) is 25.0 Å². The summed E-state index contributed by atoms with van der Waals surface area (Å²) in [6.07, 6.45) is 7.19. The summed E-state index contributed by atoms with van der Waals surface area (Å²) in [5.74, 6) is -0.0403. The highest BCUT2D eigenvalue weighted by atomic mass is 16.2. The fourth-order valence-corrected chi connectivity index (χ4v) is 3.75. The largest absolute Gasteiger partial charge is 0.372 e. The topological polar surface area (TPSA) is 41.4 Å². The zero-order valence-corrected chi connectivity index (χ0v) is 16.3. The number of aromatic nitrogens is 2. The number of hydrogen-bond acceptors (Lipinski definition) is 3. The number of para-hydroxylation sites is 1. The maximum absolute atomic E-state index is 13.0. The Morgan fingerprint density at radius 1 is 0.964 bits per heavy atom. The first-order chi connectivity index (χ1) is 13.7. The molecule has 28 heavy (non-hydrogen) atoms. The van der Waals surface area contributed by atoms with Gasteiger partial charge in [0.2, 0.25) is 0 Å². The summed E-state index contributed by atoms with van der Waals surface area (Å²) in [6.45, 7) is 2.85. The average molecular weight is 374 g/mol. The van der Waals surface area contributed by atoms with Crippen molar-refractivity contribution in [2.24, 2.45) is 0 Å². The lowest BCUT2D eigenvalue weighted by Crippen LogP contribution is -2.29.